The molecular formula is C12H23Cl3. The van der Waals surface area contributed by atoms with Crippen molar-refractivity contribution in [3.05, 3.63) is 0 Å². The fourth-order valence-electron chi connectivity index (χ4n) is 1.52. The normalized spacial score (nSPS) is 17.4. The van der Waals surface area contributed by atoms with Crippen LogP contribution >= 0.6 is 34.8 Å². The minimum Gasteiger partial charge on any atom is -0.123 e. The van der Waals surface area contributed by atoms with Crippen molar-refractivity contribution in [3.63, 3.8) is 0 Å². The van der Waals surface area contributed by atoms with Gasteiger partial charge in [0.2, 0.25) is 0 Å². The molecule has 0 aliphatic rings. The molecule has 0 fully saturated rings. The quantitative estimate of drug-likeness (QED) is 0.380. The molecule has 0 aromatic carbocycles. The maximum atomic E-state index is 6.18. The van der Waals surface area contributed by atoms with Crippen LogP contribution in [0, 0.1) is 0 Å². The Hall–Kier alpha value is 0.870. The lowest BCUT2D eigenvalue weighted by atomic mass is 10.1. The van der Waals surface area contributed by atoms with E-state index in [1.165, 1.54) is 19.3 Å². The lowest BCUT2D eigenvalue weighted by Crippen LogP contribution is -2.02. The molecule has 3 atom stereocenters. The maximum absolute atomic E-state index is 6.18. The van der Waals surface area contributed by atoms with Gasteiger partial charge in [-0.3, -0.25) is 0 Å². The summed E-state index contributed by atoms with van der Waals surface area (Å²) in [6.45, 7) is 4.07. The highest BCUT2D eigenvalue weighted by molar-refractivity contribution is 6.21. The van der Waals surface area contributed by atoms with Crippen molar-refractivity contribution in [2.75, 3.05) is 0 Å². The number of alkyl halides is 3. The number of unbranched alkanes of at least 4 members (excludes halogenated alkanes) is 2. The molecule has 0 N–H and O–H groups in total. The largest absolute Gasteiger partial charge is 0.123 e. The lowest BCUT2D eigenvalue weighted by molar-refractivity contribution is 0.570. The van der Waals surface area contributed by atoms with Crippen LogP contribution in [-0.2, 0) is 0 Å². The molecule has 0 spiro atoms. The summed E-state index contributed by atoms with van der Waals surface area (Å²) in [5.74, 6) is 0. The predicted molar refractivity (Wildman–Crippen MR) is 72.6 cm³/mol. The summed E-state index contributed by atoms with van der Waals surface area (Å²) in [5.41, 5.74) is 0. The maximum Gasteiger partial charge on any atom is 0.0336 e. The number of hydrogen-bond acceptors (Lipinski definition) is 0. The summed E-state index contributed by atoms with van der Waals surface area (Å²) in [5, 5.41) is 0.872. The van der Waals surface area contributed by atoms with Crippen molar-refractivity contribution >= 4 is 34.8 Å². The minimum atomic E-state index is 0.253. The van der Waals surface area contributed by atoms with Gasteiger partial charge in [-0.1, -0.05) is 19.3 Å². The van der Waals surface area contributed by atoms with Crippen LogP contribution in [0.2, 0.25) is 0 Å². The molecule has 3 unspecified atom stereocenters. The van der Waals surface area contributed by atoms with Crippen molar-refractivity contribution in [2.24, 2.45) is 0 Å². The zero-order valence-electron chi connectivity index (χ0n) is 9.82. The standard InChI is InChI=1S/C12H23Cl3/c1-10(13)6-4-3-5-7-12(15)9-8-11(2)14/h10-12H,3-9H2,1-2H3. The highest BCUT2D eigenvalue weighted by Crippen LogP contribution is 2.18. The van der Waals surface area contributed by atoms with E-state index in [9.17, 15) is 0 Å². The van der Waals surface area contributed by atoms with Gasteiger partial charge in [-0.25, -0.2) is 0 Å². The van der Waals surface area contributed by atoms with Crippen LogP contribution < -0.4 is 0 Å². The van der Waals surface area contributed by atoms with Crippen molar-refractivity contribution in [3.8, 4) is 0 Å². The van der Waals surface area contributed by atoms with Crippen LogP contribution in [0.1, 0.15) is 58.8 Å². The van der Waals surface area contributed by atoms with E-state index >= 15 is 0 Å². The molecule has 0 nitrogen and oxygen atoms in total. The van der Waals surface area contributed by atoms with Gasteiger partial charge in [0.15, 0.2) is 0 Å². The molecule has 0 aliphatic heterocycles. The van der Waals surface area contributed by atoms with Crippen LogP contribution in [0.3, 0.4) is 0 Å². The number of halogens is 3. The van der Waals surface area contributed by atoms with Crippen LogP contribution in [0.15, 0.2) is 0 Å². The summed E-state index contributed by atoms with van der Waals surface area (Å²) >= 11 is 17.9. The van der Waals surface area contributed by atoms with Gasteiger partial charge in [-0.05, 0) is 39.5 Å². The van der Waals surface area contributed by atoms with Gasteiger partial charge in [-0.2, -0.15) is 0 Å². The topological polar surface area (TPSA) is 0 Å². The van der Waals surface area contributed by atoms with Crippen LogP contribution in [0.4, 0.5) is 0 Å². The molecule has 3 heteroatoms. The first-order chi connectivity index (χ1) is 7.02. The first kappa shape index (κ1) is 15.9. The lowest BCUT2D eigenvalue weighted by Gasteiger charge is -2.10. The fraction of sp³-hybridized carbons (Fsp3) is 1.00. The molecule has 0 amide bonds. The second-order valence-corrected chi connectivity index (χ2v) is 6.48. The van der Waals surface area contributed by atoms with Gasteiger partial charge in [0.1, 0.15) is 0 Å². The summed E-state index contributed by atoms with van der Waals surface area (Å²) in [6.07, 6.45) is 7.98. The van der Waals surface area contributed by atoms with Gasteiger partial charge in [-0.15, -0.1) is 34.8 Å². The first-order valence-electron chi connectivity index (χ1n) is 5.94. The molecule has 0 rings (SSSR count). The Balaban J connectivity index is 3.20. The van der Waals surface area contributed by atoms with E-state index in [4.69, 9.17) is 34.8 Å². The smallest absolute Gasteiger partial charge is 0.0336 e. The Morgan fingerprint density at radius 2 is 1.20 bits per heavy atom. The molecular weight excluding hydrogens is 250 g/mol. The molecule has 0 radical (unpaired) electrons. The zero-order chi connectivity index (χ0) is 11.7. The van der Waals surface area contributed by atoms with E-state index in [2.05, 4.69) is 0 Å². The Morgan fingerprint density at radius 1 is 0.667 bits per heavy atom. The summed E-state index contributed by atoms with van der Waals surface area (Å²) in [6, 6.07) is 0. The average Bonchev–Trinajstić information content (AvgIpc) is 2.13. The van der Waals surface area contributed by atoms with Gasteiger partial charge in [0, 0.05) is 16.1 Å². The van der Waals surface area contributed by atoms with E-state index in [0.717, 1.165) is 25.7 Å². The molecule has 0 saturated heterocycles. The highest BCUT2D eigenvalue weighted by atomic mass is 35.5. The van der Waals surface area contributed by atoms with Crippen LogP contribution in [0.5, 0.6) is 0 Å². The van der Waals surface area contributed by atoms with Gasteiger partial charge < -0.3 is 0 Å². The second kappa shape index (κ2) is 10.1. The van der Waals surface area contributed by atoms with E-state index in [1.807, 2.05) is 13.8 Å². The molecule has 0 aromatic rings. The molecule has 92 valence electrons. The number of rotatable bonds is 9. The van der Waals surface area contributed by atoms with E-state index in [1.54, 1.807) is 0 Å². The second-order valence-electron chi connectivity index (χ2n) is 4.37. The number of hydrogen-bond donors (Lipinski definition) is 0. The van der Waals surface area contributed by atoms with Crippen molar-refractivity contribution < 1.29 is 0 Å². The van der Waals surface area contributed by atoms with Crippen LogP contribution in [-0.4, -0.2) is 16.1 Å². The minimum absolute atomic E-state index is 0.253. The third kappa shape index (κ3) is 12.8. The average molecular weight is 274 g/mol. The molecule has 15 heavy (non-hydrogen) atoms. The van der Waals surface area contributed by atoms with Crippen molar-refractivity contribution in [2.45, 2.75) is 74.9 Å². The third-order valence-corrected chi connectivity index (χ3v) is 3.37. The molecule has 0 aromatic heterocycles. The Bertz CT molecular complexity index is 135. The highest BCUT2D eigenvalue weighted by Gasteiger charge is 2.06. The Kier molecular flexibility index (Phi) is 10.6. The van der Waals surface area contributed by atoms with E-state index < -0.39 is 0 Å². The summed E-state index contributed by atoms with van der Waals surface area (Å²) in [4.78, 5) is 0. The van der Waals surface area contributed by atoms with Crippen molar-refractivity contribution in [1.82, 2.24) is 0 Å². The van der Waals surface area contributed by atoms with Gasteiger partial charge in [0.25, 0.3) is 0 Å². The SMILES string of the molecule is CC(Cl)CCCCCC(Cl)CCC(C)Cl. The molecule has 0 heterocycles. The zero-order valence-corrected chi connectivity index (χ0v) is 12.1. The summed E-state index contributed by atoms with van der Waals surface area (Å²) in [7, 11) is 0. The van der Waals surface area contributed by atoms with E-state index in [-0.39, 0.29) is 5.38 Å². The Labute approximate surface area is 110 Å². The molecule has 0 bridgehead atoms. The summed E-state index contributed by atoms with van der Waals surface area (Å²) < 4.78 is 0. The third-order valence-electron chi connectivity index (χ3n) is 2.50. The predicted octanol–water partition coefficient (Wildman–Crippen LogP) is 5.58. The van der Waals surface area contributed by atoms with Crippen molar-refractivity contribution in [1.29, 1.82) is 0 Å². The Morgan fingerprint density at radius 3 is 1.73 bits per heavy atom. The fourth-order valence-corrected chi connectivity index (χ4v) is 2.08. The molecule has 0 aliphatic carbocycles. The monoisotopic (exact) mass is 272 g/mol. The first-order valence-corrected chi connectivity index (χ1v) is 7.25. The van der Waals surface area contributed by atoms with E-state index in [0.29, 0.717) is 10.8 Å². The van der Waals surface area contributed by atoms with Gasteiger partial charge >= 0.3 is 0 Å². The van der Waals surface area contributed by atoms with Gasteiger partial charge in [0.05, 0.1) is 0 Å². The molecule has 0 saturated carbocycles. The van der Waals surface area contributed by atoms with Crippen LogP contribution in [0.25, 0.3) is 0 Å².